The maximum Gasteiger partial charge on any atom is 0.232 e. The summed E-state index contributed by atoms with van der Waals surface area (Å²) in [5, 5.41) is 0. The number of benzene rings is 1. The molecule has 2 rings (SSSR count). The number of amides is 1. The number of carbonyl (C=O) groups excluding carboxylic acids is 1. The number of aryl methyl sites for hydroxylation is 1. The fraction of sp³-hybridized carbons (Fsp3) is 0.562. The van der Waals surface area contributed by atoms with E-state index in [1.807, 2.05) is 4.90 Å². The van der Waals surface area contributed by atoms with Crippen LogP contribution in [0.15, 0.2) is 29.2 Å². The van der Waals surface area contributed by atoms with E-state index < -0.39 is 0 Å². The number of likely N-dealkylation sites (tertiary alicyclic amines) is 1. The third kappa shape index (κ3) is 4.27. The number of piperidine rings is 1. The molecule has 1 aromatic carbocycles. The molecule has 1 amide bonds. The van der Waals surface area contributed by atoms with Crippen molar-refractivity contribution in [2.45, 2.75) is 32.1 Å². The van der Waals surface area contributed by atoms with Gasteiger partial charge in [0.05, 0.1) is 5.75 Å². The van der Waals surface area contributed by atoms with Crippen molar-refractivity contribution in [1.29, 1.82) is 0 Å². The molecule has 0 saturated carbocycles. The monoisotopic (exact) mass is 277 g/mol. The molecular formula is C16H23NOS. The van der Waals surface area contributed by atoms with E-state index in [1.165, 1.54) is 16.9 Å². The summed E-state index contributed by atoms with van der Waals surface area (Å²) in [5.74, 6) is 2.11. The van der Waals surface area contributed by atoms with Crippen molar-refractivity contribution >= 4 is 17.7 Å². The molecule has 1 saturated heterocycles. The molecule has 2 nitrogen and oxygen atoms in total. The van der Waals surface area contributed by atoms with Gasteiger partial charge in [-0.1, -0.05) is 31.5 Å². The Kier molecular flexibility index (Phi) is 4.92. The van der Waals surface area contributed by atoms with Gasteiger partial charge < -0.3 is 4.90 Å². The molecule has 1 fully saturated rings. The summed E-state index contributed by atoms with van der Waals surface area (Å²) in [4.78, 5) is 15.5. The molecule has 104 valence electrons. The van der Waals surface area contributed by atoms with E-state index >= 15 is 0 Å². The van der Waals surface area contributed by atoms with E-state index in [9.17, 15) is 4.79 Å². The summed E-state index contributed by atoms with van der Waals surface area (Å²) in [7, 11) is 0. The fourth-order valence-corrected chi connectivity index (χ4v) is 3.54. The van der Waals surface area contributed by atoms with Crippen LogP contribution < -0.4 is 0 Å². The molecule has 1 heterocycles. The van der Waals surface area contributed by atoms with Crippen molar-refractivity contribution < 1.29 is 4.79 Å². The molecule has 2 atom stereocenters. The molecule has 1 aliphatic rings. The first-order valence-electron chi connectivity index (χ1n) is 7.02. The van der Waals surface area contributed by atoms with E-state index in [0.29, 0.717) is 17.6 Å². The van der Waals surface area contributed by atoms with Crippen LogP contribution in [0, 0.1) is 18.8 Å². The maximum atomic E-state index is 12.2. The Balaban J connectivity index is 1.85. The molecule has 0 unspecified atom stereocenters. The number of thioether (sulfide) groups is 1. The van der Waals surface area contributed by atoms with Gasteiger partial charge in [-0.2, -0.15) is 0 Å². The SMILES string of the molecule is Cc1ccc(SCC(=O)N2C[C@H](C)C[C@@H](C)C2)cc1. The Morgan fingerprint density at radius 1 is 1.21 bits per heavy atom. The average molecular weight is 277 g/mol. The van der Waals surface area contributed by atoms with Crippen molar-refractivity contribution in [2.75, 3.05) is 18.8 Å². The van der Waals surface area contributed by atoms with Gasteiger partial charge in [0.1, 0.15) is 0 Å². The van der Waals surface area contributed by atoms with Crippen LogP contribution in [0.25, 0.3) is 0 Å². The third-order valence-electron chi connectivity index (χ3n) is 3.60. The van der Waals surface area contributed by atoms with Gasteiger partial charge in [-0.15, -0.1) is 11.8 Å². The second kappa shape index (κ2) is 6.47. The van der Waals surface area contributed by atoms with Crippen LogP contribution in [-0.2, 0) is 4.79 Å². The summed E-state index contributed by atoms with van der Waals surface area (Å²) >= 11 is 1.64. The smallest absolute Gasteiger partial charge is 0.232 e. The number of hydrogen-bond donors (Lipinski definition) is 0. The zero-order chi connectivity index (χ0) is 13.8. The largest absolute Gasteiger partial charge is 0.341 e. The van der Waals surface area contributed by atoms with Gasteiger partial charge in [-0.25, -0.2) is 0 Å². The van der Waals surface area contributed by atoms with Crippen molar-refractivity contribution in [3.63, 3.8) is 0 Å². The second-order valence-corrected chi connectivity index (χ2v) is 6.90. The molecular weight excluding hydrogens is 254 g/mol. The van der Waals surface area contributed by atoms with Gasteiger partial charge in [0.25, 0.3) is 0 Å². The third-order valence-corrected chi connectivity index (χ3v) is 4.60. The molecule has 0 aromatic heterocycles. The lowest BCUT2D eigenvalue weighted by atomic mass is 9.92. The topological polar surface area (TPSA) is 20.3 Å². The summed E-state index contributed by atoms with van der Waals surface area (Å²) in [5.41, 5.74) is 1.26. The molecule has 0 spiro atoms. The normalized spacial score (nSPS) is 23.4. The molecule has 19 heavy (non-hydrogen) atoms. The summed E-state index contributed by atoms with van der Waals surface area (Å²) in [6, 6.07) is 8.37. The van der Waals surface area contributed by atoms with Crippen LogP contribution in [0.5, 0.6) is 0 Å². The van der Waals surface area contributed by atoms with Crippen LogP contribution >= 0.6 is 11.8 Å². The Labute approximate surface area is 120 Å². The molecule has 0 radical (unpaired) electrons. The van der Waals surface area contributed by atoms with Crippen molar-refractivity contribution in [1.82, 2.24) is 4.90 Å². The van der Waals surface area contributed by atoms with Crippen LogP contribution in [0.1, 0.15) is 25.8 Å². The fourth-order valence-electron chi connectivity index (χ4n) is 2.74. The van der Waals surface area contributed by atoms with Gasteiger partial charge in [0.2, 0.25) is 5.91 Å². The van der Waals surface area contributed by atoms with Crippen LogP contribution in [0.4, 0.5) is 0 Å². The number of hydrogen-bond acceptors (Lipinski definition) is 2. The minimum atomic E-state index is 0.281. The quantitative estimate of drug-likeness (QED) is 0.787. The van der Waals surface area contributed by atoms with E-state index in [-0.39, 0.29) is 5.91 Å². The maximum absolute atomic E-state index is 12.2. The summed E-state index contributed by atoms with van der Waals surface area (Å²) in [6.45, 7) is 8.41. The van der Waals surface area contributed by atoms with Gasteiger partial charge in [-0.3, -0.25) is 4.79 Å². The zero-order valence-corrected chi connectivity index (χ0v) is 12.9. The number of nitrogens with zero attached hydrogens (tertiary/aromatic N) is 1. The van der Waals surface area contributed by atoms with Gasteiger partial charge >= 0.3 is 0 Å². The first-order valence-corrected chi connectivity index (χ1v) is 8.00. The predicted octanol–water partition coefficient (Wildman–Crippen LogP) is 3.59. The molecule has 1 aliphatic heterocycles. The Bertz CT molecular complexity index is 419. The zero-order valence-electron chi connectivity index (χ0n) is 12.1. The van der Waals surface area contributed by atoms with Gasteiger partial charge in [0.15, 0.2) is 0 Å². The Morgan fingerprint density at radius 3 is 2.37 bits per heavy atom. The molecule has 0 bridgehead atoms. The highest BCUT2D eigenvalue weighted by molar-refractivity contribution is 8.00. The van der Waals surface area contributed by atoms with Crippen LogP contribution in [0.2, 0.25) is 0 Å². The van der Waals surface area contributed by atoms with Gasteiger partial charge in [-0.05, 0) is 37.3 Å². The first kappa shape index (κ1) is 14.4. The van der Waals surface area contributed by atoms with E-state index in [1.54, 1.807) is 11.8 Å². The second-order valence-electron chi connectivity index (χ2n) is 5.85. The molecule has 1 aromatic rings. The lowest BCUT2D eigenvalue weighted by Crippen LogP contribution is -2.43. The van der Waals surface area contributed by atoms with Crippen molar-refractivity contribution in [2.24, 2.45) is 11.8 Å². The standard InChI is InChI=1S/C16H23NOS/c1-12-4-6-15(7-5-12)19-11-16(18)17-9-13(2)8-14(3)10-17/h4-7,13-14H,8-11H2,1-3H3/t13-,14-/m1/s1. The highest BCUT2D eigenvalue weighted by Crippen LogP contribution is 2.23. The van der Waals surface area contributed by atoms with Crippen LogP contribution in [0.3, 0.4) is 0 Å². The first-order chi connectivity index (χ1) is 9.04. The molecule has 3 heteroatoms. The summed E-state index contributed by atoms with van der Waals surface area (Å²) < 4.78 is 0. The minimum absolute atomic E-state index is 0.281. The highest BCUT2D eigenvalue weighted by atomic mass is 32.2. The highest BCUT2D eigenvalue weighted by Gasteiger charge is 2.25. The minimum Gasteiger partial charge on any atom is -0.341 e. The lowest BCUT2D eigenvalue weighted by Gasteiger charge is -2.35. The number of rotatable bonds is 3. The Hall–Kier alpha value is -0.960. The number of carbonyl (C=O) groups is 1. The van der Waals surface area contributed by atoms with Crippen molar-refractivity contribution in [3.8, 4) is 0 Å². The average Bonchev–Trinajstić information content (AvgIpc) is 2.36. The lowest BCUT2D eigenvalue weighted by molar-refractivity contribution is -0.130. The molecule has 0 N–H and O–H groups in total. The summed E-state index contributed by atoms with van der Waals surface area (Å²) in [6.07, 6.45) is 1.24. The molecule has 0 aliphatic carbocycles. The van der Waals surface area contributed by atoms with Crippen molar-refractivity contribution in [3.05, 3.63) is 29.8 Å². The van der Waals surface area contributed by atoms with Crippen LogP contribution in [-0.4, -0.2) is 29.6 Å². The Morgan fingerprint density at radius 2 is 1.79 bits per heavy atom. The predicted molar refractivity (Wildman–Crippen MR) is 81.4 cm³/mol. The van der Waals surface area contributed by atoms with E-state index in [4.69, 9.17) is 0 Å². The van der Waals surface area contributed by atoms with Gasteiger partial charge in [0, 0.05) is 18.0 Å². The van der Waals surface area contributed by atoms with E-state index in [2.05, 4.69) is 45.0 Å². The van der Waals surface area contributed by atoms with E-state index in [0.717, 1.165) is 13.1 Å².